The number of rotatable bonds is 2. The maximum absolute atomic E-state index is 12.5. The van der Waals surface area contributed by atoms with Gasteiger partial charge < -0.3 is 9.72 Å². The fourth-order valence-electron chi connectivity index (χ4n) is 2.62. The van der Waals surface area contributed by atoms with E-state index < -0.39 is 0 Å². The zero-order valence-corrected chi connectivity index (χ0v) is 11.6. The zero-order valence-electron chi connectivity index (χ0n) is 10.8. The molecule has 0 saturated carbocycles. The summed E-state index contributed by atoms with van der Waals surface area (Å²) in [5.41, 5.74) is 0.780. The van der Waals surface area contributed by atoms with E-state index in [-0.39, 0.29) is 11.7 Å². The Bertz CT molecular complexity index is 719. The van der Waals surface area contributed by atoms with Crippen molar-refractivity contribution in [3.63, 3.8) is 0 Å². The van der Waals surface area contributed by atoms with Gasteiger partial charge in [0.05, 0.1) is 17.0 Å². The molecule has 1 aromatic carbocycles. The third-order valence-electron chi connectivity index (χ3n) is 3.84. The largest absolute Gasteiger partial charge is 0.378 e. The molecule has 2 heterocycles. The van der Waals surface area contributed by atoms with Gasteiger partial charge in [0.15, 0.2) is 4.77 Å². The van der Waals surface area contributed by atoms with Crippen LogP contribution in [0.15, 0.2) is 29.1 Å². The second-order valence-corrected chi connectivity index (χ2v) is 5.40. The van der Waals surface area contributed by atoms with Crippen LogP contribution >= 0.6 is 12.2 Å². The molecule has 5 heteroatoms. The van der Waals surface area contributed by atoms with Crippen molar-refractivity contribution in [1.29, 1.82) is 0 Å². The van der Waals surface area contributed by atoms with Crippen LogP contribution in [0.4, 0.5) is 0 Å². The van der Waals surface area contributed by atoms with E-state index in [2.05, 4.69) is 11.9 Å². The van der Waals surface area contributed by atoms with Gasteiger partial charge in [-0.15, -0.1) is 0 Å². The van der Waals surface area contributed by atoms with Crippen molar-refractivity contribution >= 4 is 23.1 Å². The molecule has 2 aromatic rings. The predicted molar refractivity (Wildman–Crippen MR) is 76.9 cm³/mol. The highest BCUT2D eigenvalue weighted by atomic mass is 32.1. The number of H-pyrrole nitrogens is 1. The Hall–Kier alpha value is -1.46. The smallest absolute Gasteiger partial charge is 0.262 e. The summed E-state index contributed by atoms with van der Waals surface area (Å²) >= 11 is 5.31. The second kappa shape index (κ2) is 4.90. The fraction of sp³-hybridized carbons (Fsp3) is 0.429. The molecule has 1 aliphatic heterocycles. The summed E-state index contributed by atoms with van der Waals surface area (Å²) in [5.74, 6) is 0.356. The van der Waals surface area contributed by atoms with Gasteiger partial charge in [0.25, 0.3) is 5.56 Å². The van der Waals surface area contributed by atoms with E-state index in [9.17, 15) is 4.79 Å². The van der Waals surface area contributed by atoms with Crippen LogP contribution in [0.3, 0.4) is 0 Å². The highest BCUT2D eigenvalue weighted by Crippen LogP contribution is 2.22. The van der Waals surface area contributed by atoms with Gasteiger partial charge in [-0.1, -0.05) is 12.1 Å². The standard InChI is InChI=1S/C14H16N2O2S/c1-9-10(6-7-18-9)8-16-13(17)11-4-2-3-5-12(11)15-14(16)19/h2-5,9-10H,6-8H2,1H3,(H,15,19). The van der Waals surface area contributed by atoms with E-state index in [0.29, 0.717) is 22.6 Å². The van der Waals surface area contributed by atoms with Crippen LogP contribution in [0.1, 0.15) is 13.3 Å². The van der Waals surface area contributed by atoms with Crippen LogP contribution in [0, 0.1) is 10.7 Å². The topological polar surface area (TPSA) is 47.0 Å². The maximum Gasteiger partial charge on any atom is 0.262 e. The van der Waals surface area contributed by atoms with Crippen molar-refractivity contribution in [2.75, 3.05) is 6.61 Å². The molecule has 0 radical (unpaired) electrons. The Balaban J connectivity index is 2.08. The lowest BCUT2D eigenvalue weighted by atomic mass is 10.0. The second-order valence-electron chi connectivity index (χ2n) is 5.02. The molecule has 3 rings (SSSR count). The Morgan fingerprint density at radius 1 is 1.47 bits per heavy atom. The molecule has 2 atom stereocenters. The van der Waals surface area contributed by atoms with Crippen molar-refractivity contribution in [1.82, 2.24) is 9.55 Å². The average molecular weight is 276 g/mol. The van der Waals surface area contributed by atoms with Gasteiger partial charge in [-0.2, -0.15) is 0 Å². The molecule has 1 N–H and O–H groups in total. The van der Waals surface area contributed by atoms with E-state index in [1.807, 2.05) is 24.3 Å². The number of nitrogens with zero attached hydrogens (tertiary/aromatic N) is 1. The molecule has 4 nitrogen and oxygen atoms in total. The molecular weight excluding hydrogens is 260 g/mol. The third kappa shape index (κ3) is 2.24. The lowest BCUT2D eigenvalue weighted by Crippen LogP contribution is -2.28. The Morgan fingerprint density at radius 3 is 3.00 bits per heavy atom. The first-order chi connectivity index (χ1) is 9.16. The van der Waals surface area contributed by atoms with Crippen molar-refractivity contribution in [3.8, 4) is 0 Å². The first kappa shape index (κ1) is 12.6. The number of aromatic nitrogens is 2. The molecule has 1 aromatic heterocycles. The quantitative estimate of drug-likeness (QED) is 0.857. The van der Waals surface area contributed by atoms with Crippen molar-refractivity contribution in [2.45, 2.75) is 26.0 Å². The van der Waals surface area contributed by atoms with E-state index >= 15 is 0 Å². The summed E-state index contributed by atoms with van der Waals surface area (Å²) in [5, 5.41) is 0.683. The van der Waals surface area contributed by atoms with Gasteiger partial charge in [0.2, 0.25) is 0 Å². The van der Waals surface area contributed by atoms with Crippen LogP contribution < -0.4 is 5.56 Å². The number of fused-ring (bicyclic) bond motifs is 1. The molecule has 19 heavy (non-hydrogen) atoms. The van der Waals surface area contributed by atoms with Crippen LogP contribution in [-0.4, -0.2) is 22.3 Å². The van der Waals surface area contributed by atoms with E-state index in [0.717, 1.165) is 18.5 Å². The molecule has 1 aliphatic rings. The third-order valence-corrected chi connectivity index (χ3v) is 4.16. The molecule has 1 fully saturated rings. The summed E-state index contributed by atoms with van der Waals surface area (Å²) in [6.07, 6.45) is 1.17. The molecule has 100 valence electrons. The van der Waals surface area contributed by atoms with Gasteiger partial charge in [-0.05, 0) is 37.7 Å². The lowest BCUT2D eigenvalue weighted by molar-refractivity contribution is 0.101. The first-order valence-electron chi connectivity index (χ1n) is 6.50. The van der Waals surface area contributed by atoms with E-state index in [1.54, 1.807) is 4.57 Å². The number of para-hydroxylation sites is 1. The monoisotopic (exact) mass is 276 g/mol. The number of aromatic amines is 1. The van der Waals surface area contributed by atoms with Crippen molar-refractivity contribution < 1.29 is 4.74 Å². The van der Waals surface area contributed by atoms with Crippen molar-refractivity contribution in [3.05, 3.63) is 39.4 Å². The lowest BCUT2D eigenvalue weighted by Gasteiger charge is -2.16. The number of hydrogen-bond acceptors (Lipinski definition) is 3. The Kier molecular flexibility index (Phi) is 3.24. The van der Waals surface area contributed by atoms with Crippen LogP contribution in [-0.2, 0) is 11.3 Å². The molecular formula is C14H16N2O2S. The highest BCUT2D eigenvalue weighted by molar-refractivity contribution is 7.71. The molecule has 0 amide bonds. The summed E-state index contributed by atoms with van der Waals surface area (Å²) in [7, 11) is 0. The first-order valence-corrected chi connectivity index (χ1v) is 6.91. The Labute approximate surface area is 116 Å². The normalized spacial score (nSPS) is 23.0. The fourth-order valence-corrected chi connectivity index (χ4v) is 2.88. The number of nitrogens with one attached hydrogen (secondary N) is 1. The maximum atomic E-state index is 12.5. The summed E-state index contributed by atoms with van der Waals surface area (Å²) in [6, 6.07) is 7.46. The van der Waals surface area contributed by atoms with Crippen LogP contribution in [0.25, 0.3) is 10.9 Å². The predicted octanol–water partition coefficient (Wildman–Crippen LogP) is 2.48. The van der Waals surface area contributed by atoms with Crippen molar-refractivity contribution in [2.24, 2.45) is 5.92 Å². The van der Waals surface area contributed by atoms with Gasteiger partial charge in [0.1, 0.15) is 0 Å². The van der Waals surface area contributed by atoms with E-state index in [4.69, 9.17) is 17.0 Å². The van der Waals surface area contributed by atoms with Gasteiger partial charge in [-0.3, -0.25) is 9.36 Å². The molecule has 1 saturated heterocycles. The highest BCUT2D eigenvalue weighted by Gasteiger charge is 2.25. The summed E-state index contributed by atoms with van der Waals surface area (Å²) < 4.78 is 7.69. The zero-order chi connectivity index (χ0) is 13.4. The van der Waals surface area contributed by atoms with Gasteiger partial charge in [0, 0.05) is 19.1 Å². The van der Waals surface area contributed by atoms with Gasteiger partial charge >= 0.3 is 0 Å². The van der Waals surface area contributed by atoms with E-state index in [1.165, 1.54) is 0 Å². The van der Waals surface area contributed by atoms with Gasteiger partial charge in [-0.25, -0.2) is 0 Å². The minimum absolute atomic E-state index is 0.0153. The number of benzene rings is 1. The molecule has 0 bridgehead atoms. The Morgan fingerprint density at radius 2 is 2.26 bits per heavy atom. The molecule has 0 spiro atoms. The molecule has 2 unspecified atom stereocenters. The molecule has 0 aliphatic carbocycles. The average Bonchev–Trinajstić information content (AvgIpc) is 2.80. The summed E-state index contributed by atoms with van der Waals surface area (Å²) in [6.45, 7) is 3.45. The SMILES string of the molecule is CC1OCCC1Cn1c(=S)[nH]c2ccccc2c1=O. The minimum Gasteiger partial charge on any atom is -0.378 e. The van der Waals surface area contributed by atoms with Crippen LogP contribution in [0.2, 0.25) is 0 Å². The summed E-state index contributed by atoms with van der Waals surface area (Å²) in [4.78, 5) is 15.6. The number of ether oxygens (including phenoxy) is 1. The minimum atomic E-state index is -0.0153. The number of hydrogen-bond donors (Lipinski definition) is 1. The van der Waals surface area contributed by atoms with Crippen LogP contribution in [0.5, 0.6) is 0 Å².